The minimum Gasteiger partial charge on any atom is -0.361 e. The molecule has 5 aromatic rings. The topological polar surface area (TPSA) is 13.0 Å². The van der Waals surface area contributed by atoms with E-state index in [2.05, 4.69) is 167 Å². The predicted octanol–water partition coefficient (Wildman–Crippen LogP) is 7.97. The highest BCUT2D eigenvalue weighted by molar-refractivity contribution is 5.85. The maximum absolute atomic E-state index is 2.43. The molecule has 206 valence electrons. The number of hydrogen-bond donors (Lipinski definition) is 0. The van der Waals surface area contributed by atoms with Gasteiger partial charge < -0.3 is 19.6 Å². The fourth-order valence-electron chi connectivity index (χ4n) is 7.32. The molecule has 4 heteroatoms. The highest BCUT2D eigenvalue weighted by Crippen LogP contribution is 2.54. The Bertz CT molecular complexity index is 1790. The van der Waals surface area contributed by atoms with Gasteiger partial charge in [0.15, 0.2) is 0 Å². The Hall–Kier alpha value is -4.96. The van der Waals surface area contributed by atoms with Gasteiger partial charge >= 0.3 is 0 Å². The third-order valence-electron chi connectivity index (χ3n) is 9.24. The minimum atomic E-state index is -0.309. The largest absolute Gasteiger partial charge is 0.361 e. The van der Waals surface area contributed by atoms with E-state index in [1.165, 1.54) is 56.1 Å². The fraction of sp³-hybridized carbons (Fsp3) is 0.158. The molecule has 42 heavy (non-hydrogen) atoms. The first-order valence-electron chi connectivity index (χ1n) is 14.7. The zero-order valence-corrected chi connectivity index (χ0v) is 24.1. The summed E-state index contributed by atoms with van der Waals surface area (Å²) >= 11 is 0. The average molecular weight is 547 g/mol. The van der Waals surface area contributed by atoms with Crippen LogP contribution >= 0.6 is 0 Å². The Morgan fingerprint density at radius 3 is 2.00 bits per heavy atom. The summed E-state index contributed by atoms with van der Waals surface area (Å²) in [5, 5.41) is 0. The Morgan fingerprint density at radius 1 is 0.595 bits per heavy atom. The molecule has 0 unspecified atom stereocenters. The first-order chi connectivity index (χ1) is 20.6. The smallest absolute Gasteiger partial charge is 0.0950 e. The summed E-state index contributed by atoms with van der Waals surface area (Å²) in [6.45, 7) is 1.71. The molecule has 0 fully saturated rings. The Labute approximate surface area is 248 Å². The van der Waals surface area contributed by atoms with Crippen LogP contribution in [0.1, 0.15) is 22.3 Å². The van der Waals surface area contributed by atoms with Crippen molar-refractivity contribution in [1.29, 1.82) is 0 Å². The van der Waals surface area contributed by atoms with Crippen molar-refractivity contribution in [3.8, 4) is 11.1 Å². The normalized spacial score (nSPS) is 16.1. The molecule has 0 aromatic heterocycles. The zero-order chi connectivity index (χ0) is 28.3. The number of rotatable bonds is 5. The van der Waals surface area contributed by atoms with Crippen LogP contribution in [0.4, 0.5) is 22.7 Å². The quantitative estimate of drug-likeness (QED) is 0.222. The molecular formula is C38H34N4. The van der Waals surface area contributed by atoms with Crippen LogP contribution in [0.3, 0.4) is 0 Å². The van der Waals surface area contributed by atoms with E-state index in [-0.39, 0.29) is 5.41 Å². The molecule has 3 aliphatic rings. The maximum atomic E-state index is 2.43. The number of hydrogen-bond acceptors (Lipinski definition) is 4. The van der Waals surface area contributed by atoms with Gasteiger partial charge in [0.1, 0.15) is 0 Å². The highest BCUT2D eigenvalue weighted by atomic mass is 15.4. The number of nitrogens with zero attached hydrogens (tertiary/aromatic N) is 4. The van der Waals surface area contributed by atoms with Gasteiger partial charge in [-0.3, -0.25) is 0 Å². The summed E-state index contributed by atoms with van der Waals surface area (Å²) in [4.78, 5) is 9.29. The van der Waals surface area contributed by atoms with E-state index in [0.717, 1.165) is 19.8 Å². The van der Waals surface area contributed by atoms with Gasteiger partial charge in [-0.1, -0.05) is 84.9 Å². The maximum Gasteiger partial charge on any atom is 0.0950 e. The van der Waals surface area contributed by atoms with Crippen LogP contribution in [0, 0.1) is 0 Å². The van der Waals surface area contributed by atoms with Gasteiger partial charge in [0.2, 0.25) is 0 Å². The second-order valence-corrected chi connectivity index (χ2v) is 11.8. The van der Waals surface area contributed by atoms with Crippen molar-refractivity contribution >= 4 is 22.7 Å². The van der Waals surface area contributed by atoms with Crippen LogP contribution in [-0.4, -0.2) is 32.3 Å². The number of anilines is 4. The molecule has 5 aromatic carbocycles. The summed E-state index contributed by atoms with van der Waals surface area (Å²) in [5.41, 5.74) is 12.8. The lowest BCUT2D eigenvalue weighted by Crippen LogP contribution is -2.30. The van der Waals surface area contributed by atoms with E-state index in [1.807, 2.05) is 0 Å². The molecule has 0 saturated carbocycles. The minimum absolute atomic E-state index is 0.309. The highest BCUT2D eigenvalue weighted by Gasteiger charge is 2.44. The van der Waals surface area contributed by atoms with Crippen LogP contribution in [0.5, 0.6) is 0 Å². The van der Waals surface area contributed by atoms with E-state index >= 15 is 0 Å². The summed E-state index contributed by atoms with van der Waals surface area (Å²) < 4.78 is 0. The van der Waals surface area contributed by atoms with E-state index in [9.17, 15) is 0 Å². The molecule has 0 saturated heterocycles. The molecule has 0 bridgehead atoms. The lowest BCUT2D eigenvalue weighted by molar-refractivity contribution is 0.495. The van der Waals surface area contributed by atoms with Gasteiger partial charge in [-0.05, 0) is 76.2 Å². The van der Waals surface area contributed by atoms with Gasteiger partial charge in [-0.2, -0.15) is 0 Å². The monoisotopic (exact) mass is 546 g/mol. The van der Waals surface area contributed by atoms with E-state index in [0.29, 0.717) is 0 Å². The third kappa shape index (κ3) is 3.75. The van der Waals surface area contributed by atoms with Gasteiger partial charge in [-0.25, -0.2) is 0 Å². The second kappa shape index (κ2) is 9.56. The first-order valence-corrected chi connectivity index (χ1v) is 14.7. The molecule has 2 heterocycles. The molecule has 0 spiro atoms. The average Bonchev–Trinajstić information content (AvgIpc) is 3.71. The third-order valence-corrected chi connectivity index (χ3v) is 9.24. The number of fused-ring (bicyclic) bond motifs is 4. The second-order valence-electron chi connectivity index (χ2n) is 11.8. The van der Waals surface area contributed by atoms with Crippen molar-refractivity contribution in [2.24, 2.45) is 0 Å². The Morgan fingerprint density at radius 2 is 1.26 bits per heavy atom. The molecule has 0 amide bonds. The molecule has 4 nitrogen and oxygen atoms in total. The van der Waals surface area contributed by atoms with E-state index in [1.54, 1.807) is 0 Å². The molecule has 0 radical (unpaired) electrons. The van der Waals surface area contributed by atoms with Crippen molar-refractivity contribution in [3.63, 3.8) is 0 Å². The lowest BCUT2D eigenvalue weighted by Gasteiger charge is -2.34. The number of benzene rings is 5. The predicted molar refractivity (Wildman–Crippen MR) is 174 cm³/mol. The van der Waals surface area contributed by atoms with Crippen molar-refractivity contribution < 1.29 is 0 Å². The van der Waals surface area contributed by atoms with Crippen molar-refractivity contribution in [3.05, 3.63) is 156 Å². The van der Waals surface area contributed by atoms with Crippen LogP contribution < -0.4 is 14.7 Å². The van der Waals surface area contributed by atoms with Crippen LogP contribution in [0.2, 0.25) is 0 Å². The van der Waals surface area contributed by atoms with Crippen LogP contribution in [-0.2, 0) is 11.8 Å². The molecule has 0 N–H and O–H groups in total. The fourth-order valence-corrected chi connectivity index (χ4v) is 7.32. The van der Waals surface area contributed by atoms with Crippen molar-refractivity contribution in [2.75, 3.05) is 42.1 Å². The van der Waals surface area contributed by atoms with E-state index in [4.69, 9.17) is 0 Å². The standard InChI is InChI=1S/C38H34N4/c1-39-21-22-41(26-39)30-13-10-12-29(24-30)38(34-17-5-3-15-32(34)33-16-4-6-18-35(33)38)25-28-11-9-14-31(23-28)42-27-40(2)36-19-7-8-20-37(36)42/h3-24H,25-27H2,1-2H3. The lowest BCUT2D eigenvalue weighted by atomic mass is 9.68. The van der Waals surface area contributed by atoms with Gasteiger partial charge in [0, 0.05) is 37.9 Å². The summed E-state index contributed by atoms with van der Waals surface area (Å²) in [6, 6.07) is 45.1. The summed E-state index contributed by atoms with van der Waals surface area (Å²) in [5.74, 6) is 0. The van der Waals surface area contributed by atoms with Crippen molar-refractivity contribution in [2.45, 2.75) is 11.8 Å². The summed E-state index contributed by atoms with van der Waals surface area (Å²) in [6.07, 6.45) is 5.19. The van der Waals surface area contributed by atoms with Crippen molar-refractivity contribution in [1.82, 2.24) is 4.90 Å². The number of para-hydroxylation sites is 2. The SMILES string of the molecule is CN1C=CN(c2cccc(C3(Cc4cccc(N5CN(C)c6ccccc65)c4)c4ccccc4-c4ccccc43)c2)C1. The molecule has 1 aliphatic carbocycles. The Balaban J connectivity index is 1.29. The zero-order valence-electron chi connectivity index (χ0n) is 24.1. The van der Waals surface area contributed by atoms with Crippen LogP contribution in [0.25, 0.3) is 11.1 Å². The molecule has 0 atom stereocenters. The van der Waals surface area contributed by atoms with Gasteiger partial charge in [0.05, 0.1) is 30.1 Å². The van der Waals surface area contributed by atoms with Crippen LogP contribution in [0.15, 0.2) is 134 Å². The van der Waals surface area contributed by atoms with Gasteiger partial charge in [0.25, 0.3) is 0 Å². The first kappa shape index (κ1) is 24.8. The molecule has 8 rings (SSSR count). The molecule has 2 aliphatic heterocycles. The molecular weight excluding hydrogens is 512 g/mol. The van der Waals surface area contributed by atoms with Gasteiger partial charge in [-0.15, -0.1) is 0 Å². The Kier molecular flexibility index (Phi) is 5.65. The van der Waals surface area contributed by atoms with E-state index < -0.39 is 0 Å². The summed E-state index contributed by atoms with van der Waals surface area (Å²) in [7, 11) is 4.29.